The van der Waals surface area contributed by atoms with Crippen molar-refractivity contribution in [3.8, 4) is 17.6 Å². The minimum absolute atomic E-state index is 0.0794. The molecule has 0 aromatic heterocycles. The van der Waals surface area contributed by atoms with Gasteiger partial charge in [-0.2, -0.15) is 5.10 Å². The van der Waals surface area contributed by atoms with Crippen LogP contribution >= 0.6 is 11.6 Å². The van der Waals surface area contributed by atoms with Crippen LogP contribution < -0.4 is 5.43 Å². The van der Waals surface area contributed by atoms with Gasteiger partial charge in [-0.15, -0.1) is 0 Å². The van der Waals surface area contributed by atoms with Gasteiger partial charge in [0.2, 0.25) is 0 Å². The highest BCUT2D eigenvalue weighted by molar-refractivity contribution is 6.32. The van der Waals surface area contributed by atoms with Gasteiger partial charge >= 0.3 is 0 Å². The number of hydrogen-bond donors (Lipinski definition) is 2. The number of hydrogen-bond acceptors (Lipinski definition) is 4. The SMILES string of the molecule is CN(CC#Cc1ccc(C=NNC(=O)c2ccc(O)c(Cl)c2)c2ccccc12)Cc1ccccc1. The summed E-state index contributed by atoms with van der Waals surface area (Å²) in [5.41, 5.74) is 5.85. The highest BCUT2D eigenvalue weighted by atomic mass is 35.5. The fourth-order valence-electron chi connectivity index (χ4n) is 3.64. The predicted octanol–water partition coefficient (Wildman–Crippen LogP) is 5.45. The van der Waals surface area contributed by atoms with Crippen LogP contribution in [0.25, 0.3) is 10.8 Å². The molecule has 0 radical (unpaired) electrons. The van der Waals surface area contributed by atoms with Crippen LogP contribution in [0.1, 0.15) is 27.0 Å². The van der Waals surface area contributed by atoms with E-state index in [1.165, 1.54) is 23.8 Å². The van der Waals surface area contributed by atoms with Crippen molar-refractivity contribution in [2.24, 2.45) is 5.10 Å². The van der Waals surface area contributed by atoms with Crippen molar-refractivity contribution in [2.45, 2.75) is 6.54 Å². The van der Waals surface area contributed by atoms with Crippen molar-refractivity contribution >= 4 is 34.5 Å². The summed E-state index contributed by atoms with van der Waals surface area (Å²) in [6.45, 7) is 1.49. The second-order valence-corrected chi connectivity index (χ2v) is 8.48. The predicted molar refractivity (Wildman–Crippen MR) is 142 cm³/mol. The zero-order valence-electron chi connectivity index (χ0n) is 19.2. The van der Waals surface area contributed by atoms with E-state index in [0.717, 1.165) is 28.4 Å². The van der Waals surface area contributed by atoms with E-state index in [-0.39, 0.29) is 10.8 Å². The van der Waals surface area contributed by atoms with E-state index in [0.29, 0.717) is 12.1 Å². The van der Waals surface area contributed by atoms with Crippen LogP contribution in [0.5, 0.6) is 5.75 Å². The van der Waals surface area contributed by atoms with Crippen molar-refractivity contribution in [2.75, 3.05) is 13.6 Å². The highest BCUT2D eigenvalue weighted by Gasteiger charge is 2.08. The Hall–Kier alpha value is -4.11. The Morgan fingerprint density at radius 2 is 1.77 bits per heavy atom. The Morgan fingerprint density at radius 1 is 1.03 bits per heavy atom. The highest BCUT2D eigenvalue weighted by Crippen LogP contribution is 2.24. The minimum atomic E-state index is -0.422. The number of rotatable bonds is 6. The van der Waals surface area contributed by atoms with Crippen LogP contribution in [0.3, 0.4) is 0 Å². The lowest BCUT2D eigenvalue weighted by Crippen LogP contribution is -2.17. The molecular formula is C29H24ClN3O2. The average Bonchev–Trinajstić information content (AvgIpc) is 2.87. The third-order valence-corrected chi connectivity index (χ3v) is 5.71. The molecule has 0 aliphatic heterocycles. The summed E-state index contributed by atoms with van der Waals surface area (Å²) in [4.78, 5) is 14.5. The van der Waals surface area contributed by atoms with Gasteiger partial charge in [-0.3, -0.25) is 9.69 Å². The first kappa shape index (κ1) is 24.0. The average molecular weight is 482 g/mol. The van der Waals surface area contributed by atoms with Crippen LogP contribution in [0, 0.1) is 11.8 Å². The molecule has 5 nitrogen and oxygen atoms in total. The van der Waals surface area contributed by atoms with Gasteiger partial charge in [0.05, 0.1) is 17.8 Å². The molecule has 4 aromatic carbocycles. The second kappa shape index (κ2) is 11.3. The Kier molecular flexibility index (Phi) is 7.79. The molecule has 0 bridgehead atoms. The second-order valence-electron chi connectivity index (χ2n) is 8.07. The van der Waals surface area contributed by atoms with Crippen LogP contribution in [-0.4, -0.2) is 35.7 Å². The summed E-state index contributed by atoms with van der Waals surface area (Å²) in [5.74, 6) is 6.07. The summed E-state index contributed by atoms with van der Waals surface area (Å²) in [6.07, 6.45) is 1.60. The molecule has 2 N–H and O–H groups in total. The van der Waals surface area contributed by atoms with Gasteiger partial charge in [0.15, 0.2) is 0 Å². The van der Waals surface area contributed by atoms with E-state index in [2.05, 4.69) is 46.4 Å². The Labute approximate surface area is 209 Å². The van der Waals surface area contributed by atoms with E-state index in [4.69, 9.17) is 11.6 Å². The summed E-state index contributed by atoms with van der Waals surface area (Å²) < 4.78 is 0. The molecule has 0 saturated carbocycles. The van der Waals surface area contributed by atoms with Gasteiger partial charge in [0.1, 0.15) is 5.75 Å². The molecule has 0 aliphatic carbocycles. The summed E-state index contributed by atoms with van der Waals surface area (Å²) in [6, 6.07) is 26.4. The maximum Gasteiger partial charge on any atom is 0.271 e. The molecule has 4 rings (SSSR count). The fourth-order valence-corrected chi connectivity index (χ4v) is 3.82. The quantitative estimate of drug-likeness (QED) is 0.219. The molecular weight excluding hydrogens is 458 g/mol. The molecule has 6 heteroatoms. The van der Waals surface area contributed by atoms with E-state index in [1.54, 1.807) is 6.21 Å². The zero-order chi connectivity index (χ0) is 24.6. The number of hydrazone groups is 1. The molecule has 0 saturated heterocycles. The first-order chi connectivity index (χ1) is 17.0. The van der Waals surface area contributed by atoms with Gasteiger partial charge < -0.3 is 5.11 Å². The molecule has 0 atom stereocenters. The van der Waals surface area contributed by atoms with E-state index >= 15 is 0 Å². The largest absolute Gasteiger partial charge is 0.506 e. The summed E-state index contributed by atoms with van der Waals surface area (Å²) in [7, 11) is 2.06. The Morgan fingerprint density at radius 3 is 2.54 bits per heavy atom. The lowest BCUT2D eigenvalue weighted by atomic mass is 10.0. The smallest absolute Gasteiger partial charge is 0.271 e. The maximum atomic E-state index is 12.3. The van der Waals surface area contributed by atoms with Gasteiger partial charge in [0.25, 0.3) is 5.91 Å². The topological polar surface area (TPSA) is 64.9 Å². The summed E-state index contributed by atoms with van der Waals surface area (Å²) >= 11 is 5.88. The van der Waals surface area contributed by atoms with Crippen molar-refractivity contribution in [3.63, 3.8) is 0 Å². The first-order valence-corrected chi connectivity index (χ1v) is 11.4. The normalized spacial score (nSPS) is 10.9. The standard InChI is InChI=1S/C29H24ClN3O2/c1-33(20-21-8-3-2-4-9-21)17-7-10-22-13-14-24(26-12-6-5-11-25(22)26)19-31-32-29(35)23-15-16-28(34)27(30)18-23/h2-6,8-9,11-16,18-19,34H,17,20H2,1H3,(H,32,35). The lowest BCUT2D eigenvalue weighted by molar-refractivity contribution is 0.0955. The number of fused-ring (bicyclic) bond motifs is 1. The molecule has 4 aromatic rings. The van der Waals surface area contributed by atoms with Gasteiger partial charge in [-0.05, 0) is 47.6 Å². The minimum Gasteiger partial charge on any atom is -0.506 e. The molecule has 0 unspecified atom stereocenters. The van der Waals surface area contributed by atoms with Crippen LogP contribution in [-0.2, 0) is 6.54 Å². The summed E-state index contributed by atoms with van der Waals surface area (Å²) in [5, 5.41) is 15.7. The molecule has 174 valence electrons. The number of carbonyl (C=O) groups is 1. The van der Waals surface area contributed by atoms with E-state index in [9.17, 15) is 9.90 Å². The molecule has 0 fully saturated rings. The zero-order valence-corrected chi connectivity index (χ0v) is 20.0. The van der Waals surface area contributed by atoms with Crippen molar-refractivity contribution in [1.29, 1.82) is 0 Å². The first-order valence-electron chi connectivity index (χ1n) is 11.1. The fraction of sp³-hybridized carbons (Fsp3) is 0.103. The molecule has 0 spiro atoms. The lowest BCUT2D eigenvalue weighted by Gasteiger charge is -2.12. The molecule has 35 heavy (non-hydrogen) atoms. The number of carbonyl (C=O) groups excluding carboxylic acids is 1. The van der Waals surface area contributed by atoms with Gasteiger partial charge in [-0.1, -0.05) is 84.1 Å². The number of nitrogens with one attached hydrogen (secondary N) is 1. The van der Waals surface area contributed by atoms with Crippen LogP contribution in [0.2, 0.25) is 5.02 Å². The number of nitrogens with zero attached hydrogens (tertiary/aromatic N) is 2. The van der Waals surface area contributed by atoms with E-state index in [1.807, 2.05) is 54.6 Å². The van der Waals surface area contributed by atoms with E-state index < -0.39 is 5.91 Å². The van der Waals surface area contributed by atoms with Crippen molar-refractivity contribution < 1.29 is 9.90 Å². The number of phenolic OH excluding ortho intramolecular Hbond substituents is 1. The number of halogens is 1. The van der Waals surface area contributed by atoms with Crippen molar-refractivity contribution in [1.82, 2.24) is 10.3 Å². The number of phenols is 1. The van der Waals surface area contributed by atoms with Crippen LogP contribution in [0.15, 0.2) is 90.0 Å². The maximum absolute atomic E-state index is 12.3. The molecule has 0 aliphatic rings. The number of benzene rings is 4. The Bertz CT molecular complexity index is 1440. The third-order valence-electron chi connectivity index (χ3n) is 5.40. The molecule has 0 heterocycles. The van der Waals surface area contributed by atoms with Crippen molar-refractivity contribution in [3.05, 3.63) is 112 Å². The third kappa shape index (κ3) is 6.27. The van der Waals surface area contributed by atoms with Crippen LogP contribution in [0.4, 0.5) is 0 Å². The number of amides is 1. The Balaban J connectivity index is 1.46. The molecule has 1 amide bonds. The number of aromatic hydroxyl groups is 1. The monoisotopic (exact) mass is 481 g/mol. The van der Waals surface area contributed by atoms with Gasteiger partial charge in [0, 0.05) is 23.2 Å². The van der Waals surface area contributed by atoms with Gasteiger partial charge in [-0.25, -0.2) is 5.43 Å².